The highest BCUT2D eigenvalue weighted by molar-refractivity contribution is 7.90. The van der Waals surface area contributed by atoms with Crippen molar-refractivity contribution in [2.24, 2.45) is 5.92 Å². The first-order valence-corrected chi connectivity index (χ1v) is 11.1. The lowest BCUT2D eigenvalue weighted by molar-refractivity contribution is 0.141. The number of nitrogens with one attached hydrogen (secondary N) is 1. The number of aromatic nitrogens is 3. The van der Waals surface area contributed by atoms with E-state index in [1.54, 1.807) is 0 Å². The van der Waals surface area contributed by atoms with Crippen LogP contribution in [0.5, 0.6) is 0 Å². The molecule has 0 radical (unpaired) electrons. The van der Waals surface area contributed by atoms with Crippen molar-refractivity contribution >= 4 is 15.7 Å². The summed E-state index contributed by atoms with van der Waals surface area (Å²) in [5, 5.41) is 16.7. The van der Waals surface area contributed by atoms with Gasteiger partial charge in [0.2, 0.25) is 0 Å². The first-order valence-electron chi connectivity index (χ1n) is 9.22. The van der Waals surface area contributed by atoms with Crippen LogP contribution in [0.25, 0.3) is 5.69 Å². The third kappa shape index (κ3) is 4.49. The second kappa shape index (κ2) is 8.52. The van der Waals surface area contributed by atoms with Crippen LogP contribution in [0.2, 0.25) is 0 Å². The molecule has 10 heteroatoms. The van der Waals surface area contributed by atoms with Crippen molar-refractivity contribution in [1.82, 2.24) is 14.8 Å². The maximum Gasteiger partial charge on any atom is 0.282 e. The van der Waals surface area contributed by atoms with Crippen LogP contribution in [0.4, 0.5) is 14.6 Å². The van der Waals surface area contributed by atoms with Crippen LogP contribution >= 0.6 is 0 Å². The van der Waals surface area contributed by atoms with E-state index in [2.05, 4.69) is 15.4 Å². The Morgan fingerprint density at radius 3 is 2.54 bits per heavy atom. The smallest absolute Gasteiger partial charge is 0.282 e. The highest BCUT2D eigenvalue weighted by Gasteiger charge is 2.25. The van der Waals surface area contributed by atoms with Crippen molar-refractivity contribution in [3.05, 3.63) is 29.6 Å². The predicted molar refractivity (Wildman–Crippen MR) is 100 cm³/mol. The molecule has 0 amide bonds. The fourth-order valence-electron chi connectivity index (χ4n) is 3.52. The second-order valence-electron chi connectivity index (χ2n) is 7.09. The molecule has 3 rings (SSSR count). The molecular weight excluding hydrogens is 390 g/mol. The summed E-state index contributed by atoms with van der Waals surface area (Å²) in [6, 6.07) is 2.76. The van der Waals surface area contributed by atoms with Gasteiger partial charge in [-0.3, -0.25) is 0 Å². The van der Waals surface area contributed by atoms with Gasteiger partial charge in [-0.1, -0.05) is 19.3 Å². The Morgan fingerprint density at radius 2 is 2.00 bits per heavy atom. The summed E-state index contributed by atoms with van der Waals surface area (Å²) in [4.78, 5) is 3.90. The zero-order chi connectivity index (χ0) is 20.3. The molecule has 1 aliphatic carbocycles. The number of rotatable bonds is 7. The lowest BCUT2D eigenvalue weighted by Gasteiger charge is -2.23. The molecule has 154 valence electrons. The first-order chi connectivity index (χ1) is 13.3. The molecular formula is C18H24F2N4O3S. The van der Waals surface area contributed by atoms with Gasteiger partial charge in [-0.15, -0.1) is 0 Å². The van der Waals surface area contributed by atoms with Gasteiger partial charge in [-0.05, 0) is 30.9 Å². The lowest BCUT2D eigenvalue weighted by atomic mass is 9.89. The first kappa shape index (κ1) is 20.7. The maximum atomic E-state index is 13.4. The second-order valence-corrected chi connectivity index (χ2v) is 9.06. The molecule has 1 aliphatic rings. The Kier molecular flexibility index (Phi) is 6.29. The number of alkyl halides is 2. The summed E-state index contributed by atoms with van der Waals surface area (Å²) in [6.45, 7) is 0.0117. The predicted octanol–water partition coefficient (Wildman–Crippen LogP) is 3.09. The molecule has 0 bridgehead atoms. The van der Waals surface area contributed by atoms with Crippen LogP contribution < -0.4 is 5.32 Å². The molecule has 0 aromatic carbocycles. The van der Waals surface area contributed by atoms with Gasteiger partial charge in [0, 0.05) is 18.4 Å². The number of sulfone groups is 1. The lowest BCUT2D eigenvalue weighted by Crippen LogP contribution is -2.19. The van der Waals surface area contributed by atoms with Crippen LogP contribution in [0.15, 0.2) is 23.4 Å². The largest absolute Gasteiger partial charge is 0.391 e. The highest BCUT2D eigenvalue weighted by Crippen LogP contribution is 2.31. The van der Waals surface area contributed by atoms with E-state index in [-0.39, 0.29) is 16.4 Å². The summed E-state index contributed by atoms with van der Waals surface area (Å²) >= 11 is 0. The van der Waals surface area contributed by atoms with E-state index in [0.29, 0.717) is 18.2 Å². The molecule has 2 aromatic rings. The molecule has 2 heterocycles. The summed E-state index contributed by atoms with van der Waals surface area (Å²) in [5.41, 5.74) is -0.126. The molecule has 0 atom stereocenters. The van der Waals surface area contributed by atoms with Gasteiger partial charge in [-0.25, -0.2) is 26.9 Å². The Labute approximate surface area is 162 Å². The molecule has 2 N–H and O–H groups in total. The Hall–Kier alpha value is -2.07. The number of hydrogen-bond donors (Lipinski definition) is 2. The molecule has 0 saturated heterocycles. The van der Waals surface area contributed by atoms with Gasteiger partial charge in [-0.2, -0.15) is 5.10 Å². The zero-order valence-corrected chi connectivity index (χ0v) is 16.4. The quantitative estimate of drug-likeness (QED) is 0.723. The molecule has 0 unspecified atom stereocenters. The normalized spacial score (nSPS) is 15.9. The average Bonchev–Trinajstić information content (AvgIpc) is 3.05. The fourth-order valence-corrected chi connectivity index (χ4v) is 4.08. The van der Waals surface area contributed by atoms with Crippen molar-refractivity contribution in [2.45, 2.75) is 50.2 Å². The summed E-state index contributed by atoms with van der Waals surface area (Å²) in [5.74, 6) is 0.724. The minimum atomic E-state index is -3.47. The van der Waals surface area contributed by atoms with E-state index in [1.807, 2.05) is 0 Å². The van der Waals surface area contributed by atoms with Crippen LogP contribution in [0.3, 0.4) is 0 Å². The zero-order valence-electron chi connectivity index (χ0n) is 15.6. The molecule has 7 nitrogen and oxygen atoms in total. The van der Waals surface area contributed by atoms with Crippen molar-refractivity contribution in [2.75, 3.05) is 18.1 Å². The van der Waals surface area contributed by atoms with E-state index in [1.165, 1.54) is 29.4 Å². The van der Waals surface area contributed by atoms with Gasteiger partial charge >= 0.3 is 0 Å². The van der Waals surface area contributed by atoms with E-state index in [9.17, 15) is 22.3 Å². The minimum absolute atomic E-state index is 0.0398. The third-order valence-corrected chi connectivity index (χ3v) is 6.01. The molecule has 0 spiro atoms. The van der Waals surface area contributed by atoms with Crippen molar-refractivity contribution in [3.8, 4) is 5.69 Å². The Balaban J connectivity index is 1.96. The maximum absolute atomic E-state index is 13.4. The third-order valence-electron chi connectivity index (χ3n) is 5.01. The van der Waals surface area contributed by atoms with Crippen LogP contribution in [0.1, 0.15) is 49.8 Å². The number of hydrogen-bond acceptors (Lipinski definition) is 6. The number of aliphatic hydroxyl groups is 1. The van der Waals surface area contributed by atoms with Crippen LogP contribution in [0, 0.1) is 5.92 Å². The molecule has 0 aliphatic heterocycles. The van der Waals surface area contributed by atoms with Gasteiger partial charge in [0.15, 0.2) is 14.9 Å². The van der Waals surface area contributed by atoms with E-state index in [0.717, 1.165) is 31.9 Å². The molecule has 2 aromatic heterocycles. The number of pyridine rings is 1. The van der Waals surface area contributed by atoms with E-state index < -0.39 is 28.6 Å². The molecule has 28 heavy (non-hydrogen) atoms. The van der Waals surface area contributed by atoms with Crippen molar-refractivity contribution < 1.29 is 22.3 Å². The monoisotopic (exact) mass is 414 g/mol. The average molecular weight is 414 g/mol. The SMILES string of the molecule is CS(=O)(=O)c1ccc(-n2nc(C(F)F)c(CO)c2NCC2CCCCC2)cn1. The Morgan fingerprint density at radius 1 is 1.29 bits per heavy atom. The van der Waals surface area contributed by atoms with Gasteiger partial charge in [0.1, 0.15) is 11.5 Å². The molecule has 1 fully saturated rings. The van der Waals surface area contributed by atoms with Gasteiger partial charge in [0.05, 0.1) is 18.5 Å². The molecule has 1 saturated carbocycles. The van der Waals surface area contributed by atoms with Crippen LogP contribution in [-0.4, -0.2) is 41.1 Å². The van der Waals surface area contributed by atoms with Crippen LogP contribution in [-0.2, 0) is 16.4 Å². The number of halogens is 2. The Bertz CT molecular complexity index is 908. The topological polar surface area (TPSA) is 97.1 Å². The number of anilines is 1. The van der Waals surface area contributed by atoms with Gasteiger partial charge in [0.25, 0.3) is 6.43 Å². The van der Waals surface area contributed by atoms with Gasteiger partial charge < -0.3 is 10.4 Å². The standard InChI is InChI=1S/C18H24F2N4O3S/c1-28(26,27)15-8-7-13(10-21-15)24-18(14(11-25)16(23-24)17(19)20)22-9-12-5-3-2-4-6-12/h7-8,10,12,17,22,25H,2-6,9,11H2,1H3. The summed E-state index contributed by atoms with van der Waals surface area (Å²) < 4.78 is 51.3. The summed E-state index contributed by atoms with van der Waals surface area (Å²) in [6.07, 6.45) is 5.12. The number of nitrogens with zero attached hydrogens (tertiary/aromatic N) is 3. The van der Waals surface area contributed by atoms with Crippen molar-refractivity contribution in [3.63, 3.8) is 0 Å². The van der Waals surface area contributed by atoms with Crippen molar-refractivity contribution in [1.29, 1.82) is 0 Å². The van der Waals surface area contributed by atoms with E-state index >= 15 is 0 Å². The minimum Gasteiger partial charge on any atom is -0.391 e. The summed E-state index contributed by atoms with van der Waals surface area (Å²) in [7, 11) is -3.47. The van der Waals surface area contributed by atoms with E-state index in [4.69, 9.17) is 0 Å². The fraction of sp³-hybridized carbons (Fsp3) is 0.556. The highest BCUT2D eigenvalue weighted by atomic mass is 32.2. The number of aliphatic hydroxyl groups excluding tert-OH is 1.